The van der Waals surface area contributed by atoms with Crippen molar-refractivity contribution < 1.29 is 0 Å². The topological polar surface area (TPSA) is 32.0 Å². The maximum absolute atomic E-state index is 9.98. The van der Waals surface area contributed by atoms with Gasteiger partial charge in [-0.3, -0.25) is 0 Å². The molecule has 0 bridgehead atoms. The second-order valence-electron chi connectivity index (χ2n) is 10.7. The van der Waals surface area contributed by atoms with Gasteiger partial charge in [0.05, 0.1) is 16.8 Å². The first kappa shape index (κ1) is 22.9. The third-order valence-electron chi connectivity index (χ3n) is 8.59. The molecule has 1 aromatic heterocycles. The molecule has 3 heteroatoms. The van der Waals surface area contributed by atoms with Crippen LogP contribution in [0.25, 0.3) is 28.2 Å². The first-order chi connectivity index (χ1) is 19.8. The van der Waals surface area contributed by atoms with Crippen LogP contribution in [0, 0.1) is 11.3 Å². The highest BCUT2D eigenvalue weighted by molar-refractivity contribution is 5.98. The summed E-state index contributed by atoms with van der Waals surface area (Å²) in [4.78, 5) is 2.46. The molecule has 8 rings (SSSR count). The lowest BCUT2D eigenvalue weighted by atomic mass is 9.86. The summed E-state index contributed by atoms with van der Waals surface area (Å²) in [7, 11) is 0. The van der Waals surface area contributed by atoms with Crippen LogP contribution in [0.3, 0.4) is 0 Å². The van der Waals surface area contributed by atoms with E-state index >= 15 is 0 Å². The standard InChI is InChI=1S/C37H27N3/c38-24-26-11-4-7-18-33(26)40-35-20-9-5-14-29(35)31-22-21-25(23-36(31)40)28-16-10-17-32-30-15-6-8-19-34(30)39(37(28)32)27-12-2-1-3-13-27/h1-8,10-16,18-19,21-23,32H,9,17,20H2. The number of hydrogen-bond acceptors (Lipinski definition) is 2. The molecule has 2 aliphatic carbocycles. The number of aromatic nitrogens is 1. The molecular weight excluding hydrogens is 486 g/mol. The highest BCUT2D eigenvalue weighted by Crippen LogP contribution is 2.53. The number of nitrogens with zero attached hydrogens (tertiary/aromatic N) is 3. The fourth-order valence-corrected chi connectivity index (χ4v) is 6.90. The van der Waals surface area contributed by atoms with Gasteiger partial charge < -0.3 is 9.47 Å². The van der Waals surface area contributed by atoms with Gasteiger partial charge in [-0.2, -0.15) is 5.26 Å². The van der Waals surface area contributed by atoms with Crippen molar-refractivity contribution in [2.75, 3.05) is 4.90 Å². The van der Waals surface area contributed by atoms with Gasteiger partial charge in [0.1, 0.15) is 6.07 Å². The lowest BCUT2D eigenvalue weighted by Gasteiger charge is -2.28. The molecule has 0 radical (unpaired) electrons. The predicted molar refractivity (Wildman–Crippen MR) is 164 cm³/mol. The minimum atomic E-state index is 0.314. The average molecular weight is 514 g/mol. The average Bonchev–Trinajstić information content (AvgIpc) is 3.54. The number of anilines is 2. The van der Waals surface area contributed by atoms with Gasteiger partial charge in [0, 0.05) is 45.2 Å². The first-order valence-corrected chi connectivity index (χ1v) is 14.0. The van der Waals surface area contributed by atoms with E-state index in [0.29, 0.717) is 11.5 Å². The fraction of sp³-hybridized carbons (Fsp3) is 0.108. The van der Waals surface area contributed by atoms with E-state index < -0.39 is 0 Å². The largest absolute Gasteiger partial charge is 0.313 e. The summed E-state index contributed by atoms with van der Waals surface area (Å²) in [6, 6.07) is 36.9. The van der Waals surface area contributed by atoms with Crippen molar-refractivity contribution in [2.45, 2.75) is 25.2 Å². The van der Waals surface area contributed by atoms with Gasteiger partial charge in [-0.25, -0.2) is 0 Å². The van der Waals surface area contributed by atoms with Crippen molar-refractivity contribution >= 4 is 33.9 Å². The molecule has 190 valence electrons. The molecule has 3 aliphatic rings. The number of hydrogen-bond donors (Lipinski definition) is 0. The summed E-state index contributed by atoms with van der Waals surface area (Å²) >= 11 is 0. The Kier molecular flexibility index (Phi) is 5.15. The monoisotopic (exact) mass is 513 g/mol. The molecule has 0 saturated heterocycles. The van der Waals surface area contributed by atoms with Gasteiger partial charge in [-0.15, -0.1) is 0 Å². The smallest absolute Gasteiger partial charge is 0.101 e. The predicted octanol–water partition coefficient (Wildman–Crippen LogP) is 9.07. The molecule has 4 aromatic carbocycles. The third kappa shape index (κ3) is 3.30. The maximum atomic E-state index is 9.98. The van der Waals surface area contributed by atoms with Gasteiger partial charge in [-0.1, -0.05) is 85.0 Å². The Bertz CT molecular complexity index is 1950. The number of benzene rings is 4. The van der Waals surface area contributed by atoms with Crippen LogP contribution >= 0.6 is 0 Å². The molecule has 5 aromatic rings. The van der Waals surface area contributed by atoms with Crippen molar-refractivity contribution in [3.05, 3.63) is 149 Å². The van der Waals surface area contributed by atoms with E-state index in [0.717, 1.165) is 30.5 Å². The van der Waals surface area contributed by atoms with Crippen molar-refractivity contribution in [1.29, 1.82) is 5.26 Å². The summed E-state index contributed by atoms with van der Waals surface area (Å²) in [5.41, 5.74) is 13.0. The van der Waals surface area contributed by atoms with E-state index in [1.165, 1.54) is 50.4 Å². The number of rotatable bonds is 3. The van der Waals surface area contributed by atoms with Gasteiger partial charge in [0.25, 0.3) is 0 Å². The molecule has 1 unspecified atom stereocenters. The van der Waals surface area contributed by atoms with Crippen LogP contribution in [0.1, 0.15) is 46.7 Å². The quantitative estimate of drug-likeness (QED) is 0.241. The van der Waals surface area contributed by atoms with Crippen LogP contribution in [0.2, 0.25) is 0 Å². The van der Waals surface area contributed by atoms with Crippen molar-refractivity contribution in [3.63, 3.8) is 0 Å². The molecule has 1 atom stereocenters. The molecule has 0 fully saturated rings. The highest BCUT2D eigenvalue weighted by Gasteiger charge is 2.37. The molecule has 40 heavy (non-hydrogen) atoms. The van der Waals surface area contributed by atoms with Crippen LogP contribution in [0.4, 0.5) is 11.4 Å². The van der Waals surface area contributed by atoms with E-state index in [-0.39, 0.29) is 0 Å². The van der Waals surface area contributed by atoms with Crippen LogP contribution in [0.5, 0.6) is 0 Å². The molecule has 0 amide bonds. The van der Waals surface area contributed by atoms with Crippen LogP contribution in [-0.2, 0) is 6.42 Å². The molecule has 0 spiro atoms. The minimum absolute atomic E-state index is 0.314. The Hall–Kier alpha value is -5.07. The summed E-state index contributed by atoms with van der Waals surface area (Å²) in [6.07, 6.45) is 12.1. The SMILES string of the molecule is N#Cc1ccccc1-n1c2c(c3ccc(C4=C5C(CC=C4)c4ccccc4N5c4ccccc4)cc31)C=CCC2. The third-order valence-corrected chi connectivity index (χ3v) is 8.59. The van der Waals surface area contributed by atoms with Gasteiger partial charge in [-0.05, 0) is 66.8 Å². The normalized spacial score (nSPS) is 17.1. The lowest BCUT2D eigenvalue weighted by molar-refractivity contribution is 0.824. The molecule has 1 aliphatic heterocycles. The molecule has 2 heterocycles. The lowest BCUT2D eigenvalue weighted by Crippen LogP contribution is -2.17. The fourth-order valence-electron chi connectivity index (χ4n) is 6.90. The second-order valence-corrected chi connectivity index (χ2v) is 10.7. The zero-order valence-electron chi connectivity index (χ0n) is 22.1. The van der Waals surface area contributed by atoms with Gasteiger partial charge >= 0.3 is 0 Å². The maximum Gasteiger partial charge on any atom is 0.101 e. The Morgan fingerprint density at radius 2 is 1.57 bits per heavy atom. The zero-order valence-corrected chi connectivity index (χ0v) is 22.1. The van der Waals surface area contributed by atoms with Gasteiger partial charge in [0.2, 0.25) is 0 Å². The molecule has 0 saturated carbocycles. The summed E-state index contributed by atoms with van der Waals surface area (Å²) < 4.78 is 2.34. The Morgan fingerprint density at radius 1 is 0.775 bits per heavy atom. The Morgan fingerprint density at radius 3 is 2.45 bits per heavy atom. The van der Waals surface area contributed by atoms with Gasteiger partial charge in [0.15, 0.2) is 0 Å². The summed E-state index contributed by atoms with van der Waals surface area (Å²) in [5, 5.41) is 11.2. The van der Waals surface area contributed by atoms with E-state index in [2.05, 4.69) is 119 Å². The number of allylic oxidation sites excluding steroid dienone is 5. The molecule has 0 N–H and O–H groups in total. The molecule has 3 nitrogen and oxygen atoms in total. The van der Waals surface area contributed by atoms with E-state index in [4.69, 9.17) is 0 Å². The first-order valence-electron chi connectivity index (χ1n) is 14.0. The summed E-state index contributed by atoms with van der Waals surface area (Å²) in [6.45, 7) is 0. The van der Waals surface area contributed by atoms with Crippen LogP contribution in [-0.4, -0.2) is 4.57 Å². The van der Waals surface area contributed by atoms with Crippen molar-refractivity contribution in [1.82, 2.24) is 4.57 Å². The van der Waals surface area contributed by atoms with E-state index in [9.17, 15) is 5.26 Å². The van der Waals surface area contributed by atoms with E-state index in [1.807, 2.05) is 18.2 Å². The highest BCUT2D eigenvalue weighted by atomic mass is 15.2. The zero-order chi connectivity index (χ0) is 26.6. The van der Waals surface area contributed by atoms with Crippen molar-refractivity contribution in [3.8, 4) is 11.8 Å². The molecular formula is C37H27N3. The van der Waals surface area contributed by atoms with Crippen LogP contribution in [0.15, 0.2) is 121 Å². The van der Waals surface area contributed by atoms with Crippen LogP contribution < -0.4 is 4.90 Å². The number of para-hydroxylation sites is 3. The second kappa shape index (κ2) is 9.00. The van der Waals surface area contributed by atoms with E-state index in [1.54, 1.807) is 0 Å². The Balaban J connectivity index is 1.40. The van der Waals surface area contributed by atoms with Crippen molar-refractivity contribution in [2.24, 2.45) is 0 Å². The minimum Gasteiger partial charge on any atom is -0.313 e. The Labute approximate surface area is 234 Å². The summed E-state index contributed by atoms with van der Waals surface area (Å²) in [5.74, 6) is 0.314. The number of fused-ring (bicyclic) bond motifs is 6. The number of nitriles is 1.